The van der Waals surface area contributed by atoms with Gasteiger partial charge in [0.05, 0.1) is 11.1 Å². The number of aromatic nitrogens is 1. The highest BCUT2D eigenvalue weighted by Gasteiger charge is 2.30. The molecule has 0 bridgehead atoms. The summed E-state index contributed by atoms with van der Waals surface area (Å²) in [4.78, 5) is 11.9. The third kappa shape index (κ3) is 4.08. The molecule has 134 valence electrons. The van der Waals surface area contributed by atoms with Crippen molar-refractivity contribution in [1.29, 1.82) is 0 Å². The Hall–Kier alpha value is -3.16. The summed E-state index contributed by atoms with van der Waals surface area (Å²) < 4.78 is 60.5. The summed E-state index contributed by atoms with van der Waals surface area (Å²) in [5.74, 6) is -0.811. The van der Waals surface area contributed by atoms with Crippen molar-refractivity contribution in [2.24, 2.45) is 0 Å². The fourth-order valence-electron chi connectivity index (χ4n) is 2.15. The van der Waals surface area contributed by atoms with E-state index in [-0.39, 0.29) is 18.0 Å². The fraction of sp³-hybridized carbons (Fsp3) is 0.111. The van der Waals surface area contributed by atoms with Crippen LogP contribution in [0, 0.1) is 5.82 Å². The van der Waals surface area contributed by atoms with Crippen molar-refractivity contribution in [3.05, 3.63) is 77.2 Å². The van der Waals surface area contributed by atoms with Gasteiger partial charge in [-0.05, 0) is 48.5 Å². The maximum Gasteiger partial charge on any atom is 0.416 e. The van der Waals surface area contributed by atoms with E-state index in [1.54, 1.807) is 0 Å². The van der Waals surface area contributed by atoms with Gasteiger partial charge in [0.1, 0.15) is 18.1 Å². The monoisotopic (exact) mass is 365 g/mol. The average molecular weight is 365 g/mol. The Balaban J connectivity index is 1.62. The molecule has 0 radical (unpaired) electrons. The molecule has 26 heavy (non-hydrogen) atoms. The van der Waals surface area contributed by atoms with Crippen molar-refractivity contribution in [1.82, 2.24) is 5.16 Å². The Labute approximate surface area is 145 Å². The predicted octanol–water partition coefficient (Wildman–Crippen LogP) is 4.86. The standard InChI is InChI=1S/C18H11F4NO3/c19-14-7-3-11(4-8-14)16-9-15(23-26-16)10-25-17(24)12-1-5-13(6-2-12)18(20,21)22/h1-9H,10H2. The number of ether oxygens (including phenoxy) is 1. The Kier molecular flexibility index (Phi) is 4.75. The summed E-state index contributed by atoms with van der Waals surface area (Å²) in [7, 11) is 0. The largest absolute Gasteiger partial charge is 0.455 e. The zero-order chi connectivity index (χ0) is 18.7. The number of carbonyl (C=O) groups excluding carboxylic acids is 1. The van der Waals surface area contributed by atoms with E-state index >= 15 is 0 Å². The lowest BCUT2D eigenvalue weighted by molar-refractivity contribution is -0.137. The van der Waals surface area contributed by atoms with Crippen LogP contribution >= 0.6 is 0 Å². The van der Waals surface area contributed by atoms with E-state index in [0.717, 1.165) is 24.3 Å². The second-order valence-corrected chi connectivity index (χ2v) is 5.34. The molecule has 0 saturated heterocycles. The molecule has 0 atom stereocenters. The van der Waals surface area contributed by atoms with E-state index < -0.39 is 17.7 Å². The van der Waals surface area contributed by atoms with Gasteiger partial charge >= 0.3 is 12.1 Å². The Morgan fingerprint density at radius 1 is 1.04 bits per heavy atom. The molecule has 8 heteroatoms. The van der Waals surface area contributed by atoms with Crippen LogP contribution in [0.15, 0.2) is 59.1 Å². The van der Waals surface area contributed by atoms with Crippen LogP contribution in [0.3, 0.4) is 0 Å². The summed E-state index contributed by atoms with van der Waals surface area (Å²) in [6.07, 6.45) is -4.47. The van der Waals surface area contributed by atoms with Crippen LogP contribution in [-0.2, 0) is 17.5 Å². The normalized spacial score (nSPS) is 11.4. The van der Waals surface area contributed by atoms with Crippen LogP contribution in [0.2, 0.25) is 0 Å². The van der Waals surface area contributed by atoms with Gasteiger partial charge in [-0.2, -0.15) is 13.2 Å². The SMILES string of the molecule is O=C(OCc1cc(-c2ccc(F)cc2)on1)c1ccc(C(F)(F)F)cc1. The molecular weight excluding hydrogens is 354 g/mol. The molecule has 0 fully saturated rings. The number of alkyl halides is 3. The number of rotatable bonds is 4. The third-order valence-electron chi connectivity index (χ3n) is 3.49. The fourth-order valence-corrected chi connectivity index (χ4v) is 2.15. The maximum atomic E-state index is 12.9. The second kappa shape index (κ2) is 6.99. The molecule has 0 aliphatic rings. The zero-order valence-corrected chi connectivity index (χ0v) is 13.1. The van der Waals surface area contributed by atoms with Crippen molar-refractivity contribution >= 4 is 5.97 Å². The molecule has 0 unspecified atom stereocenters. The van der Waals surface area contributed by atoms with Crippen LogP contribution in [0.1, 0.15) is 21.6 Å². The molecule has 3 aromatic rings. The van der Waals surface area contributed by atoms with Gasteiger partial charge in [-0.3, -0.25) is 0 Å². The van der Waals surface area contributed by atoms with Crippen LogP contribution in [-0.4, -0.2) is 11.1 Å². The van der Waals surface area contributed by atoms with E-state index in [1.165, 1.54) is 30.3 Å². The van der Waals surface area contributed by atoms with Crippen molar-refractivity contribution in [3.63, 3.8) is 0 Å². The number of hydrogen-bond acceptors (Lipinski definition) is 4. The Bertz CT molecular complexity index is 899. The summed E-state index contributed by atoms with van der Waals surface area (Å²) in [6, 6.07) is 10.8. The van der Waals surface area contributed by atoms with Crippen molar-refractivity contribution in [2.45, 2.75) is 12.8 Å². The summed E-state index contributed by atoms with van der Waals surface area (Å²) in [5.41, 5.74) is 0.0403. The van der Waals surface area contributed by atoms with E-state index in [4.69, 9.17) is 9.26 Å². The number of nitrogens with zero attached hydrogens (tertiary/aromatic N) is 1. The molecule has 0 aliphatic heterocycles. The number of benzene rings is 2. The van der Waals surface area contributed by atoms with Crippen molar-refractivity contribution in [3.8, 4) is 11.3 Å². The first-order valence-corrected chi connectivity index (χ1v) is 7.39. The topological polar surface area (TPSA) is 52.3 Å². The quantitative estimate of drug-likeness (QED) is 0.490. The summed E-state index contributed by atoms with van der Waals surface area (Å²) in [6.45, 7) is -0.218. The molecule has 1 aromatic heterocycles. The Morgan fingerprint density at radius 3 is 2.31 bits per heavy atom. The maximum absolute atomic E-state index is 12.9. The highest BCUT2D eigenvalue weighted by Crippen LogP contribution is 2.29. The lowest BCUT2D eigenvalue weighted by Crippen LogP contribution is -2.08. The van der Waals surface area contributed by atoms with Gasteiger partial charge in [0, 0.05) is 11.6 Å². The number of halogens is 4. The Morgan fingerprint density at radius 2 is 1.69 bits per heavy atom. The highest BCUT2D eigenvalue weighted by atomic mass is 19.4. The molecule has 0 N–H and O–H groups in total. The number of hydrogen-bond donors (Lipinski definition) is 0. The molecular formula is C18H11F4NO3. The number of esters is 1. The molecule has 1 heterocycles. The van der Waals surface area contributed by atoms with Crippen LogP contribution in [0.25, 0.3) is 11.3 Å². The molecule has 0 amide bonds. The molecule has 4 nitrogen and oxygen atoms in total. The highest BCUT2D eigenvalue weighted by molar-refractivity contribution is 5.89. The number of carbonyl (C=O) groups is 1. The lowest BCUT2D eigenvalue weighted by atomic mass is 10.1. The van der Waals surface area contributed by atoms with Crippen LogP contribution in [0.4, 0.5) is 17.6 Å². The zero-order valence-electron chi connectivity index (χ0n) is 13.1. The van der Waals surface area contributed by atoms with Crippen molar-refractivity contribution in [2.75, 3.05) is 0 Å². The first-order chi connectivity index (χ1) is 12.3. The van der Waals surface area contributed by atoms with Gasteiger partial charge in [-0.15, -0.1) is 0 Å². The second-order valence-electron chi connectivity index (χ2n) is 5.34. The van der Waals surface area contributed by atoms with E-state index in [9.17, 15) is 22.4 Å². The molecule has 0 aliphatic carbocycles. The lowest BCUT2D eigenvalue weighted by Gasteiger charge is -2.07. The summed E-state index contributed by atoms with van der Waals surface area (Å²) in [5, 5.41) is 3.73. The molecule has 0 spiro atoms. The van der Waals surface area contributed by atoms with Crippen molar-refractivity contribution < 1.29 is 31.6 Å². The first-order valence-electron chi connectivity index (χ1n) is 7.39. The minimum atomic E-state index is -4.47. The first kappa shape index (κ1) is 17.7. The van der Waals surface area contributed by atoms with Gasteiger partial charge < -0.3 is 9.26 Å². The smallest absolute Gasteiger partial charge is 0.416 e. The van der Waals surface area contributed by atoms with Gasteiger partial charge in [-0.25, -0.2) is 9.18 Å². The van der Waals surface area contributed by atoms with Gasteiger partial charge in [0.2, 0.25) is 0 Å². The average Bonchev–Trinajstić information content (AvgIpc) is 3.08. The predicted molar refractivity (Wildman–Crippen MR) is 82.5 cm³/mol. The van der Waals surface area contributed by atoms with E-state index in [1.807, 2.05) is 0 Å². The van der Waals surface area contributed by atoms with E-state index in [0.29, 0.717) is 17.0 Å². The van der Waals surface area contributed by atoms with Crippen LogP contribution < -0.4 is 0 Å². The molecule has 3 rings (SSSR count). The molecule has 2 aromatic carbocycles. The molecule has 0 saturated carbocycles. The summed E-state index contributed by atoms with van der Waals surface area (Å²) >= 11 is 0. The van der Waals surface area contributed by atoms with Gasteiger partial charge in [0.25, 0.3) is 0 Å². The van der Waals surface area contributed by atoms with E-state index in [2.05, 4.69) is 5.16 Å². The minimum absolute atomic E-state index is 0.0137. The minimum Gasteiger partial charge on any atom is -0.455 e. The van der Waals surface area contributed by atoms with Crippen LogP contribution in [0.5, 0.6) is 0 Å². The van der Waals surface area contributed by atoms with Gasteiger partial charge in [-0.1, -0.05) is 5.16 Å². The van der Waals surface area contributed by atoms with Gasteiger partial charge in [0.15, 0.2) is 5.76 Å². The third-order valence-corrected chi connectivity index (χ3v) is 3.49.